The van der Waals surface area contributed by atoms with Crippen LogP contribution >= 0.6 is 0 Å². The van der Waals surface area contributed by atoms with E-state index in [0.29, 0.717) is 37.2 Å². The zero-order valence-corrected chi connectivity index (χ0v) is 11.8. The molecular formula is C13H17FO4S. The molecular weight excluding hydrogens is 271 g/mol. The fourth-order valence-corrected chi connectivity index (χ4v) is 3.87. The number of benzene rings is 1. The number of halogens is 1. The van der Waals surface area contributed by atoms with Crippen LogP contribution in [0, 0.1) is 12.7 Å². The van der Waals surface area contributed by atoms with Crippen LogP contribution in [0.15, 0.2) is 18.2 Å². The predicted molar refractivity (Wildman–Crippen MR) is 68.8 cm³/mol. The molecule has 1 aliphatic heterocycles. The van der Waals surface area contributed by atoms with Gasteiger partial charge in [0, 0.05) is 13.2 Å². The van der Waals surface area contributed by atoms with Crippen LogP contribution in [0.5, 0.6) is 0 Å². The highest BCUT2D eigenvalue weighted by atomic mass is 32.2. The van der Waals surface area contributed by atoms with Gasteiger partial charge in [-0.2, -0.15) is 8.42 Å². The number of hydrogen-bond donors (Lipinski definition) is 0. The third-order valence-corrected chi connectivity index (χ3v) is 5.72. The maximum absolute atomic E-state index is 13.4. The van der Waals surface area contributed by atoms with Crippen molar-refractivity contribution in [1.29, 1.82) is 0 Å². The molecule has 0 bridgehead atoms. The molecule has 1 aromatic rings. The first-order valence-electron chi connectivity index (χ1n) is 6.07. The Balaban J connectivity index is 2.57. The molecule has 0 saturated carbocycles. The lowest BCUT2D eigenvalue weighted by Crippen LogP contribution is -2.42. The molecule has 6 heteroatoms. The van der Waals surface area contributed by atoms with Gasteiger partial charge in [0.1, 0.15) is 10.6 Å². The third kappa shape index (κ3) is 2.40. The fraction of sp³-hybridized carbons (Fsp3) is 0.538. The number of rotatable bonds is 3. The Hall–Kier alpha value is -0.980. The van der Waals surface area contributed by atoms with Gasteiger partial charge >= 0.3 is 0 Å². The summed E-state index contributed by atoms with van der Waals surface area (Å²) in [5.41, 5.74) is 0.992. The van der Waals surface area contributed by atoms with Crippen molar-refractivity contribution in [2.24, 2.45) is 0 Å². The Morgan fingerprint density at radius 2 is 1.95 bits per heavy atom. The average molecular weight is 288 g/mol. The highest BCUT2D eigenvalue weighted by molar-refractivity contribution is 7.87. The summed E-state index contributed by atoms with van der Waals surface area (Å²) in [4.78, 5) is 0. The van der Waals surface area contributed by atoms with Gasteiger partial charge in [-0.05, 0) is 37.0 Å². The summed E-state index contributed by atoms with van der Waals surface area (Å²) in [7, 11) is -2.61. The molecule has 0 aromatic heterocycles. The van der Waals surface area contributed by atoms with Gasteiger partial charge in [0.05, 0.1) is 7.11 Å². The van der Waals surface area contributed by atoms with Crippen molar-refractivity contribution in [3.05, 3.63) is 35.1 Å². The Morgan fingerprint density at radius 3 is 2.47 bits per heavy atom. The van der Waals surface area contributed by atoms with Crippen LogP contribution in [0.25, 0.3) is 0 Å². The van der Waals surface area contributed by atoms with E-state index >= 15 is 0 Å². The van der Waals surface area contributed by atoms with E-state index in [4.69, 9.17) is 8.92 Å². The Morgan fingerprint density at radius 1 is 1.32 bits per heavy atom. The van der Waals surface area contributed by atoms with Crippen LogP contribution in [0.2, 0.25) is 0 Å². The second-order valence-corrected chi connectivity index (χ2v) is 6.71. The smallest absolute Gasteiger partial charge is 0.277 e. The molecule has 1 saturated heterocycles. The van der Waals surface area contributed by atoms with Gasteiger partial charge < -0.3 is 4.74 Å². The summed E-state index contributed by atoms with van der Waals surface area (Å²) in [6.07, 6.45) is 0.627. The van der Waals surface area contributed by atoms with E-state index in [9.17, 15) is 12.8 Å². The standard InChI is InChI=1S/C13H17FO4S/c1-10-9-11(3-4-12(10)14)13(19(15,16)17-2)5-7-18-8-6-13/h3-4,9H,5-8H2,1-2H3. The van der Waals surface area contributed by atoms with Crippen LogP contribution in [0.3, 0.4) is 0 Å². The maximum atomic E-state index is 13.4. The highest BCUT2D eigenvalue weighted by Gasteiger charge is 2.47. The molecule has 0 N–H and O–H groups in total. The van der Waals surface area contributed by atoms with Crippen molar-refractivity contribution in [2.45, 2.75) is 24.5 Å². The molecule has 0 radical (unpaired) electrons. The zero-order chi connectivity index (χ0) is 14.1. The lowest BCUT2D eigenvalue weighted by Gasteiger charge is -2.35. The number of ether oxygens (including phenoxy) is 1. The molecule has 1 aliphatic rings. The minimum Gasteiger partial charge on any atom is -0.381 e. The van der Waals surface area contributed by atoms with Crippen molar-refractivity contribution >= 4 is 10.1 Å². The molecule has 0 aliphatic carbocycles. The first kappa shape index (κ1) is 14.4. The van der Waals surface area contributed by atoms with E-state index in [1.807, 2.05) is 0 Å². The van der Waals surface area contributed by atoms with Gasteiger partial charge in [-0.15, -0.1) is 0 Å². The van der Waals surface area contributed by atoms with Crippen LogP contribution < -0.4 is 0 Å². The predicted octanol–water partition coefficient (Wildman–Crippen LogP) is 2.12. The van der Waals surface area contributed by atoms with Crippen molar-refractivity contribution in [2.75, 3.05) is 20.3 Å². The van der Waals surface area contributed by atoms with Crippen LogP contribution in [-0.2, 0) is 23.8 Å². The first-order valence-corrected chi connectivity index (χ1v) is 7.48. The molecule has 1 aromatic carbocycles. The van der Waals surface area contributed by atoms with Gasteiger partial charge in [0.2, 0.25) is 0 Å². The zero-order valence-electron chi connectivity index (χ0n) is 11.0. The Labute approximate surface area is 112 Å². The molecule has 0 amide bonds. The summed E-state index contributed by atoms with van der Waals surface area (Å²) < 4.78 is 46.8. The summed E-state index contributed by atoms with van der Waals surface area (Å²) in [5.74, 6) is -0.347. The van der Waals surface area contributed by atoms with E-state index in [-0.39, 0.29) is 5.82 Å². The Bertz CT molecular complexity index is 562. The van der Waals surface area contributed by atoms with Crippen LogP contribution in [0.4, 0.5) is 4.39 Å². The molecule has 0 atom stereocenters. The van der Waals surface area contributed by atoms with Gasteiger partial charge in [0.25, 0.3) is 10.1 Å². The summed E-state index contributed by atoms with van der Waals surface area (Å²) >= 11 is 0. The lowest BCUT2D eigenvalue weighted by molar-refractivity contribution is 0.0707. The maximum Gasteiger partial charge on any atom is 0.277 e. The Kier molecular flexibility index (Phi) is 3.94. The van der Waals surface area contributed by atoms with E-state index in [1.165, 1.54) is 12.1 Å². The van der Waals surface area contributed by atoms with Crippen molar-refractivity contribution in [3.63, 3.8) is 0 Å². The second kappa shape index (κ2) is 5.19. The molecule has 19 heavy (non-hydrogen) atoms. The van der Waals surface area contributed by atoms with Gasteiger partial charge in [0.15, 0.2) is 0 Å². The molecule has 0 unspecified atom stereocenters. The molecule has 4 nitrogen and oxygen atoms in total. The number of hydrogen-bond acceptors (Lipinski definition) is 4. The van der Waals surface area contributed by atoms with Crippen LogP contribution in [0.1, 0.15) is 24.0 Å². The van der Waals surface area contributed by atoms with Crippen molar-refractivity contribution in [3.8, 4) is 0 Å². The third-order valence-electron chi connectivity index (χ3n) is 3.68. The number of aryl methyl sites for hydroxylation is 1. The first-order chi connectivity index (χ1) is 8.93. The summed E-state index contributed by atoms with van der Waals surface area (Å²) in [5, 5.41) is 0. The second-order valence-electron chi connectivity index (χ2n) is 4.69. The minimum absolute atomic E-state index is 0.314. The normalized spacial score (nSPS) is 19.3. The molecule has 0 spiro atoms. The van der Waals surface area contributed by atoms with E-state index in [0.717, 1.165) is 7.11 Å². The van der Waals surface area contributed by atoms with Gasteiger partial charge in [-0.1, -0.05) is 12.1 Å². The molecule has 1 fully saturated rings. The van der Waals surface area contributed by atoms with Gasteiger partial charge in [-0.25, -0.2) is 4.39 Å². The van der Waals surface area contributed by atoms with Crippen molar-refractivity contribution in [1.82, 2.24) is 0 Å². The van der Waals surface area contributed by atoms with Gasteiger partial charge in [-0.3, -0.25) is 4.18 Å². The topological polar surface area (TPSA) is 52.6 Å². The SMILES string of the molecule is COS(=O)(=O)C1(c2ccc(F)c(C)c2)CCOCC1. The largest absolute Gasteiger partial charge is 0.381 e. The molecule has 106 valence electrons. The van der Waals surface area contributed by atoms with E-state index in [2.05, 4.69) is 0 Å². The lowest BCUT2D eigenvalue weighted by atomic mass is 9.89. The van der Waals surface area contributed by atoms with E-state index in [1.54, 1.807) is 13.0 Å². The summed E-state index contributed by atoms with van der Waals surface area (Å²) in [6.45, 7) is 2.31. The quantitative estimate of drug-likeness (QED) is 0.799. The highest BCUT2D eigenvalue weighted by Crippen LogP contribution is 2.41. The monoisotopic (exact) mass is 288 g/mol. The summed E-state index contributed by atoms with van der Waals surface area (Å²) in [6, 6.07) is 4.40. The van der Waals surface area contributed by atoms with E-state index < -0.39 is 14.9 Å². The minimum atomic E-state index is -3.77. The average Bonchev–Trinajstić information content (AvgIpc) is 2.42. The van der Waals surface area contributed by atoms with Crippen LogP contribution in [-0.4, -0.2) is 28.7 Å². The molecule has 1 heterocycles. The molecule has 2 rings (SSSR count). The van der Waals surface area contributed by atoms with Crippen molar-refractivity contribution < 1.29 is 21.7 Å². The fourth-order valence-electron chi connectivity index (χ4n) is 2.47.